The number of aromatic hydroxyl groups is 4. The van der Waals surface area contributed by atoms with Gasteiger partial charge in [-0.05, 0) is 381 Å². The minimum absolute atomic E-state index is 0.00894. The molecular formula is C114H82F2N4O18S5. The molecule has 0 amide bonds. The van der Waals surface area contributed by atoms with Crippen molar-refractivity contribution in [2.75, 3.05) is 7.11 Å². The highest BCUT2D eigenvalue weighted by atomic mass is 32.2. The molecule has 143 heavy (non-hydrogen) atoms. The van der Waals surface area contributed by atoms with Crippen molar-refractivity contribution in [3.63, 3.8) is 0 Å². The third-order valence-electron chi connectivity index (χ3n) is 22.6. The van der Waals surface area contributed by atoms with E-state index in [1.54, 1.807) is 67.8 Å². The molecule has 0 aliphatic rings. The van der Waals surface area contributed by atoms with Crippen LogP contribution in [-0.4, -0.2) is 89.6 Å². The van der Waals surface area contributed by atoms with Gasteiger partial charge in [0.05, 0.1) is 101 Å². The summed E-state index contributed by atoms with van der Waals surface area (Å²) < 4.78 is 178. The molecule has 29 heteroatoms. The van der Waals surface area contributed by atoms with E-state index in [9.17, 15) is 61.1 Å². The monoisotopic (exact) mass is 1990 g/mol. The lowest BCUT2D eigenvalue weighted by molar-refractivity contribution is 0.415. The Labute approximate surface area is 822 Å². The molecule has 20 aromatic rings. The van der Waals surface area contributed by atoms with Crippen LogP contribution in [0.4, 0.5) is 8.78 Å². The van der Waals surface area contributed by atoms with Gasteiger partial charge < -0.3 is 39.4 Å². The van der Waals surface area contributed by atoms with Crippen LogP contribution in [0.2, 0.25) is 0 Å². The van der Waals surface area contributed by atoms with Gasteiger partial charge in [-0.2, -0.15) is 0 Å². The Balaban J connectivity index is 0.000000175. The Morgan fingerprint density at radius 2 is 0.392 bits per heavy atom. The third kappa shape index (κ3) is 22.8. The number of hydrogen-bond donors (Lipinski definition) is 4. The number of aromatic nitrogens is 4. The zero-order valence-electron chi connectivity index (χ0n) is 75.7. The number of ether oxygens (including phenoxy) is 4. The summed E-state index contributed by atoms with van der Waals surface area (Å²) in [4.78, 5) is 20.7. The van der Waals surface area contributed by atoms with E-state index >= 15 is 0 Å². The van der Waals surface area contributed by atoms with E-state index in [1.807, 2.05) is 146 Å². The van der Waals surface area contributed by atoms with Crippen molar-refractivity contribution < 1.29 is 90.2 Å². The SMILES string of the molecule is COc1ccc(-c2nc3cc(-c4ccccc4)ccc3nc2-c2ccc(Oc3ccc(S(=O)(=O)c4ccc(Oc5ccc(S(=O)(=O)c6ccc(Oc7ccc(S(=O)(=O)c8ccc(C)cc8)cc7)cc6)cc5)cc4)cc3)cc2)cc1.O=S(=O)(c1ccc(F)cc1)c1ccc(F)cc1.O=S(=O)(c1ccc(O)cc1)c1ccc(O)cc1.Oc1ccc(-c2nc3ccc(-c4ccccc4)cc3nc2-c2ccc(O)cc2)cc1. The van der Waals surface area contributed by atoms with Crippen LogP contribution >= 0.6 is 0 Å². The summed E-state index contributed by atoms with van der Waals surface area (Å²) in [6.07, 6.45) is 0. The first kappa shape index (κ1) is 97.3. The van der Waals surface area contributed by atoms with Crippen LogP contribution in [-0.2, 0) is 49.2 Å². The fourth-order valence-electron chi connectivity index (χ4n) is 14.9. The van der Waals surface area contributed by atoms with Gasteiger partial charge in [-0.25, -0.2) is 70.8 Å². The molecule has 0 aliphatic heterocycles. The fraction of sp³-hybridized carbons (Fsp3) is 0.0175. The molecule has 18 aromatic carbocycles. The molecule has 2 heterocycles. The summed E-state index contributed by atoms with van der Waals surface area (Å²) >= 11 is 0. The average molecular weight is 1990 g/mol. The Hall–Kier alpha value is -17.4. The van der Waals surface area contributed by atoms with Crippen molar-refractivity contribution in [2.24, 2.45) is 0 Å². The van der Waals surface area contributed by atoms with Crippen molar-refractivity contribution in [3.05, 3.63) is 454 Å². The number of phenols is 4. The molecule has 20 rings (SSSR count). The van der Waals surface area contributed by atoms with Crippen LogP contribution in [0.3, 0.4) is 0 Å². The Bertz CT molecular complexity index is 8380. The third-order valence-corrected chi connectivity index (χ3v) is 31.5. The molecule has 0 unspecified atom stereocenters. The predicted molar refractivity (Wildman–Crippen MR) is 541 cm³/mol. The van der Waals surface area contributed by atoms with Gasteiger partial charge in [-0.15, -0.1) is 0 Å². The molecule has 4 N–H and O–H groups in total. The second-order valence-electron chi connectivity index (χ2n) is 32.2. The molecule has 0 radical (unpaired) electrons. The molecule has 0 fully saturated rings. The van der Waals surface area contributed by atoms with Crippen molar-refractivity contribution in [1.82, 2.24) is 19.9 Å². The van der Waals surface area contributed by atoms with E-state index in [0.717, 1.165) is 114 Å². The number of methoxy groups -OCH3 is 1. The van der Waals surface area contributed by atoms with E-state index in [0.29, 0.717) is 45.9 Å². The van der Waals surface area contributed by atoms with Crippen LogP contribution in [0.25, 0.3) is 89.4 Å². The first-order valence-corrected chi connectivity index (χ1v) is 51.3. The molecule has 22 nitrogen and oxygen atoms in total. The maximum Gasteiger partial charge on any atom is 0.206 e. The summed E-state index contributed by atoms with van der Waals surface area (Å²) in [7, 11) is -17.2. The highest BCUT2D eigenvalue weighted by Gasteiger charge is 2.26. The summed E-state index contributed by atoms with van der Waals surface area (Å²) in [5, 5.41) is 37.6. The van der Waals surface area contributed by atoms with Gasteiger partial charge in [-0.1, -0.05) is 90.5 Å². The number of fused-ring (bicyclic) bond motifs is 2. The van der Waals surface area contributed by atoms with Gasteiger partial charge in [0, 0.05) is 22.3 Å². The summed E-state index contributed by atoms with van der Waals surface area (Å²) in [6.45, 7) is 1.88. The van der Waals surface area contributed by atoms with Crippen LogP contribution in [0, 0.1) is 18.6 Å². The van der Waals surface area contributed by atoms with Gasteiger partial charge in [-0.3, -0.25) is 0 Å². The van der Waals surface area contributed by atoms with Crippen LogP contribution in [0.1, 0.15) is 5.56 Å². The van der Waals surface area contributed by atoms with Crippen molar-refractivity contribution in [2.45, 2.75) is 55.9 Å². The van der Waals surface area contributed by atoms with Gasteiger partial charge >= 0.3 is 0 Å². The fourth-order valence-corrected chi connectivity index (χ4v) is 21.2. The largest absolute Gasteiger partial charge is 0.508 e. The van der Waals surface area contributed by atoms with Gasteiger partial charge in [0.2, 0.25) is 49.2 Å². The van der Waals surface area contributed by atoms with Crippen LogP contribution < -0.4 is 18.9 Å². The molecule has 0 aliphatic carbocycles. The van der Waals surface area contributed by atoms with E-state index < -0.39 is 60.8 Å². The second kappa shape index (κ2) is 42.1. The Morgan fingerprint density at radius 1 is 0.203 bits per heavy atom. The second-order valence-corrected chi connectivity index (χ2v) is 42.0. The maximum atomic E-state index is 13.7. The highest BCUT2D eigenvalue weighted by molar-refractivity contribution is 7.92. The summed E-state index contributed by atoms with van der Waals surface area (Å²) in [6, 6.07) is 117. The smallest absolute Gasteiger partial charge is 0.206 e. The number of sulfone groups is 5. The van der Waals surface area contributed by atoms with Gasteiger partial charge in [0.1, 0.15) is 74.9 Å². The van der Waals surface area contributed by atoms with E-state index in [1.165, 1.54) is 182 Å². The lowest BCUT2D eigenvalue weighted by Gasteiger charge is -2.13. The van der Waals surface area contributed by atoms with E-state index in [2.05, 4.69) is 30.3 Å². The summed E-state index contributed by atoms with van der Waals surface area (Å²) in [5.41, 5.74) is 14.6. The molecule has 2 aromatic heterocycles. The van der Waals surface area contributed by atoms with E-state index in [4.69, 9.17) is 49.1 Å². The first-order chi connectivity index (χ1) is 68.9. The van der Waals surface area contributed by atoms with E-state index in [-0.39, 0.29) is 72.0 Å². The minimum atomic E-state index is -3.93. The number of aryl methyl sites for hydroxylation is 1. The number of rotatable bonds is 23. The van der Waals surface area contributed by atoms with Crippen molar-refractivity contribution in [3.8, 4) is 131 Å². The number of hydrogen-bond acceptors (Lipinski definition) is 22. The first-order valence-electron chi connectivity index (χ1n) is 43.9. The molecular weight excluding hydrogens is 1910 g/mol. The number of benzene rings is 18. The predicted octanol–water partition coefficient (Wildman–Crippen LogP) is 25.6. The molecule has 0 atom stereocenters. The number of halogens is 2. The van der Waals surface area contributed by atoms with Crippen molar-refractivity contribution >= 4 is 71.3 Å². The number of phenolic OH excluding ortho intramolecular Hbond substituents is 4. The lowest BCUT2D eigenvalue weighted by Crippen LogP contribution is -2.02. The van der Waals surface area contributed by atoms with Crippen LogP contribution in [0.5, 0.6) is 63.2 Å². The topological polar surface area (TPSA) is 340 Å². The minimum Gasteiger partial charge on any atom is -0.508 e. The van der Waals surface area contributed by atoms with Crippen LogP contribution in [0.15, 0.2) is 486 Å². The summed E-state index contributed by atoms with van der Waals surface area (Å²) in [5.74, 6) is 2.49. The molecule has 0 spiro atoms. The van der Waals surface area contributed by atoms with Gasteiger partial charge in [0.15, 0.2) is 0 Å². The lowest BCUT2D eigenvalue weighted by atomic mass is 10.0. The van der Waals surface area contributed by atoms with Crippen molar-refractivity contribution in [1.29, 1.82) is 0 Å². The molecule has 0 bridgehead atoms. The normalized spacial score (nSPS) is 11.5. The maximum absolute atomic E-state index is 13.7. The zero-order chi connectivity index (χ0) is 100. The standard InChI is InChI=1S/C64H46N2O10S3.C26H18N2O2.C12H8F2O2S.C12H10O4S/c1-43-8-29-55(30-9-43)77(67,68)56-31-21-51(22-32-56)75-52-23-37-59(38-24-52)79(71,72)60-39-27-54(28-40-60)76-53-25-35-58(36-26-53)78(69,70)57-33-19-50(20-34-57)74-49-17-12-46(13-18-49)63-64(45-10-15-48(73-2)16-11-45)66-62-42-47(14-41-61(62)65-63)44-6-4-3-5-7-44;29-21-11-6-18(7-12-21)25-26(19-8-13-22(30)14-9-19)28-24-16-20(10-15-23(24)27-25)17-4-2-1-3-5-17;2*13-9-1-5-11(6-2-9)17(15,16)12-7-3-10(14)4-8-12/h3-42H,1-2H3;1-16,29-30H;1-8H;1-8,13-14H. The molecule has 0 saturated carbocycles. The average Bonchev–Trinajstić information content (AvgIpc) is 0.771. The zero-order valence-corrected chi connectivity index (χ0v) is 79.7. The molecule has 0 saturated heterocycles. The van der Waals surface area contributed by atoms with Gasteiger partial charge in [0.25, 0.3) is 0 Å². The quantitative estimate of drug-likeness (QED) is 0.0432. The molecule has 710 valence electrons. The Morgan fingerprint density at radius 3 is 0.636 bits per heavy atom. The highest BCUT2D eigenvalue weighted by Crippen LogP contribution is 2.40. The Kier molecular flexibility index (Phi) is 28.7. The number of nitrogens with zero attached hydrogens (tertiary/aromatic N) is 4.